The van der Waals surface area contributed by atoms with Crippen LogP contribution in [-0.2, 0) is 6.42 Å². The molecule has 5 rings (SSSR count). The standard InChI is InChI=1S/C17H14ClNO.C9H6N4.H2S/c1-2-13-11-12-7-6-10-15(18)16(12)17(20)19(13)14-8-4-3-5-9-14;10-4-6-5-13-7-2-1-3-12-9(7)8(6)11;/h3-11H,2H2,1H3;1-3,5H,(H2,11,13);1H2. The van der Waals surface area contributed by atoms with Crippen molar-refractivity contribution >= 4 is 52.6 Å². The zero-order valence-electron chi connectivity index (χ0n) is 18.4. The molecule has 34 heavy (non-hydrogen) atoms. The van der Waals surface area contributed by atoms with Crippen molar-refractivity contribution in [3.8, 4) is 11.8 Å². The van der Waals surface area contributed by atoms with E-state index in [9.17, 15) is 4.79 Å². The normalized spacial score (nSPS) is 10.1. The summed E-state index contributed by atoms with van der Waals surface area (Å²) >= 11 is 6.20. The van der Waals surface area contributed by atoms with Gasteiger partial charge in [-0.2, -0.15) is 18.8 Å². The van der Waals surface area contributed by atoms with Gasteiger partial charge in [0.1, 0.15) is 11.6 Å². The first-order valence-corrected chi connectivity index (χ1v) is 10.7. The number of nitrogen functional groups attached to an aromatic ring is 1. The van der Waals surface area contributed by atoms with Gasteiger partial charge in [-0.25, -0.2) is 0 Å². The largest absolute Gasteiger partial charge is 0.396 e. The van der Waals surface area contributed by atoms with Crippen LogP contribution in [0.3, 0.4) is 0 Å². The van der Waals surface area contributed by atoms with Gasteiger partial charge < -0.3 is 5.73 Å². The van der Waals surface area contributed by atoms with Crippen molar-refractivity contribution in [1.29, 1.82) is 5.26 Å². The molecule has 2 N–H and O–H groups in total. The van der Waals surface area contributed by atoms with Gasteiger partial charge in [0.2, 0.25) is 0 Å². The lowest BCUT2D eigenvalue weighted by molar-refractivity contribution is 0.889. The molecular formula is C26H22ClN5OS. The molecule has 0 saturated heterocycles. The first kappa shape index (κ1) is 24.8. The zero-order valence-corrected chi connectivity index (χ0v) is 20.1. The smallest absolute Gasteiger partial charge is 0.264 e. The lowest BCUT2D eigenvalue weighted by Crippen LogP contribution is -2.22. The maximum absolute atomic E-state index is 12.8. The van der Waals surface area contributed by atoms with Crippen molar-refractivity contribution in [2.24, 2.45) is 0 Å². The molecule has 0 saturated carbocycles. The van der Waals surface area contributed by atoms with Crippen LogP contribution in [0, 0.1) is 11.3 Å². The van der Waals surface area contributed by atoms with Crippen molar-refractivity contribution in [3.05, 3.63) is 106 Å². The highest BCUT2D eigenvalue weighted by molar-refractivity contribution is 7.59. The Kier molecular flexibility index (Phi) is 7.90. The van der Waals surface area contributed by atoms with Crippen LogP contribution in [0.25, 0.3) is 27.5 Å². The fourth-order valence-corrected chi connectivity index (χ4v) is 3.88. The number of nitrogens with zero attached hydrogens (tertiary/aromatic N) is 4. The minimum atomic E-state index is -0.0591. The minimum absolute atomic E-state index is 0. The Hall–Kier alpha value is -3.86. The number of nitriles is 1. The SMILES string of the molecule is CCc1cc2cccc(Cl)c2c(=O)n1-c1ccccc1.N#Cc1cnc2cccnc2c1N.S. The molecule has 0 bridgehead atoms. The molecule has 2 aromatic carbocycles. The fraction of sp³-hybridized carbons (Fsp3) is 0.0769. The van der Waals surface area contributed by atoms with Crippen LogP contribution in [0.2, 0.25) is 5.02 Å². The maximum Gasteiger partial charge on any atom is 0.264 e. The summed E-state index contributed by atoms with van der Waals surface area (Å²) in [7, 11) is 0. The van der Waals surface area contributed by atoms with Crippen molar-refractivity contribution in [3.63, 3.8) is 0 Å². The van der Waals surface area contributed by atoms with Gasteiger partial charge in [0.25, 0.3) is 5.56 Å². The zero-order chi connectivity index (χ0) is 23.4. The number of pyridine rings is 3. The Morgan fingerprint density at radius 3 is 2.53 bits per heavy atom. The molecule has 0 aliphatic carbocycles. The highest BCUT2D eigenvalue weighted by atomic mass is 35.5. The van der Waals surface area contributed by atoms with Crippen LogP contribution < -0.4 is 11.3 Å². The Morgan fingerprint density at radius 2 is 1.82 bits per heavy atom. The summed E-state index contributed by atoms with van der Waals surface area (Å²) in [5.41, 5.74) is 9.55. The fourth-order valence-electron chi connectivity index (χ4n) is 3.62. The van der Waals surface area contributed by atoms with Gasteiger partial charge >= 0.3 is 0 Å². The molecule has 0 aliphatic heterocycles. The van der Waals surface area contributed by atoms with Gasteiger partial charge in [-0.05, 0) is 48.2 Å². The third kappa shape index (κ3) is 4.74. The van der Waals surface area contributed by atoms with E-state index in [0.717, 1.165) is 23.2 Å². The topological polar surface area (TPSA) is 97.6 Å². The summed E-state index contributed by atoms with van der Waals surface area (Å²) in [6.45, 7) is 2.05. The lowest BCUT2D eigenvalue weighted by Gasteiger charge is -2.14. The predicted molar refractivity (Wildman–Crippen MR) is 143 cm³/mol. The monoisotopic (exact) mass is 487 g/mol. The van der Waals surface area contributed by atoms with E-state index in [1.165, 1.54) is 6.20 Å². The second-order valence-electron chi connectivity index (χ2n) is 7.24. The van der Waals surface area contributed by atoms with E-state index in [0.29, 0.717) is 32.7 Å². The van der Waals surface area contributed by atoms with Gasteiger partial charge in [0.15, 0.2) is 0 Å². The minimum Gasteiger partial charge on any atom is -0.396 e. The molecule has 3 heterocycles. The van der Waals surface area contributed by atoms with Crippen LogP contribution in [0.5, 0.6) is 0 Å². The molecule has 170 valence electrons. The third-order valence-electron chi connectivity index (χ3n) is 5.23. The van der Waals surface area contributed by atoms with E-state index in [-0.39, 0.29) is 19.1 Å². The van der Waals surface area contributed by atoms with E-state index in [1.807, 2.05) is 61.5 Å². The average molecular weight is 488 g/mol. The van der Waals surface area contributed by atoms with E-state index >= 15 is 0 Å². The number of nitrogens with two attached hydrogens (primary N) is 1. The molecule has 0 unspecified atom stereocenters. The van der Waals surface area contributed by atoms with E-state index in [2.05, 4.69) is 9.97 Å². The van der Waals surface area contributed by atoms with Crippen molar-refractivity contribution in [2.75, 3.05) is 5.73 Å². The Labute approximate surface area is 208 Å². The Bertz CT molecular complexity index is 1560. The summed E-state index contributed by atoms with van der Waals surface area (Å²) in [5.74, 6) is 0. The third-order valence-corrected chi connectivity index (χ3v) is 5.55. The van der Waals surface area contributed by atoms with Gasteiger partial charge in [0, 0.05) is 23.8 Å². The number of halogens is 1. The van der Waals surface area contributed by atoms with E-state index in [1.54, 1.807) is 29.0 Å². The molecule has 0 spiro atoms. The van der Waals surface area contributed by atoms with Crippen LogP contribution in [0.15, 0.2) is 83.9 Å². The Morgan fingerprint density at radius 1 is 1.06 bits per heavy atom. The summed E-state index contributed by atoms with van der Waals surface area (Å²) in [5, 5.41) is 10.7. The molecular weight excluding hydrogens is 466 g/mol. The molecule has 0 atom stereocenters. The number of rotatable bonds is 2. The number of anilines is 1. The number of hydrogen-bond acceptors (Lipinski definition) is 5. The summed E-state index contributed by atoms with van der Waals surface area (Å²) in [6.07, 6.45) is 3.87. The maximum atomic E-state index is 12.8. The van der Waals surface area contributed by atoms with Gasteiger partial charge in [-0.15, -0.1) is 0 Å². The average Bonchev–Trinajstić information content (AvgIpc) is 2.85. The molecule has 0 radical (unpaired) electrons. The van der Waals surface area contributed by atoms with Gasteiger partial charge in [-0.1, -0.05) is 48.9 Å². The second kappa shape index (κ2) is 10.8. The first-order chi connectivity index (χ1) is 16.0. The van der Waals surface area contributed by atoms with E-state index < -0.39 is 0 Å². The Balaban J connectivity index is 0.000000201. The van der Waals surface area contributed by atoms with Gasteiger partial charge in [0.05, 0.1) is 27.2 Å². The highest BCUT2D eigenvalue weighted by Gasteiger charge is 2.12. The van der Waals surface area contributed by atoms with Crippen LogP contribution >= 0.6 is 25.1 Å². The molecule has 8 heteroatoms. The molecule has 0 amide bonds. The number of hydrogen-bond donors (Lipinski definition) is 1. The molecule has 5 aromatic rings. The molecule has 0 aliphatic rings. The number of para-hydroxylation sites is 1. The summed E-state index contributed by atoms with van der Waals surface area (Å²) < 4.78 is 1.74. The number of fused-ring (bicyclic) bond motifs is 2. The second-order valence-corrected chi connectivity index (χ2v) is 7.65. The molecule has 0 fully saturated rings. The first-order valence-electron chi connectivity index (χ1n) is 10.3. The quantitative estimate of drug-likeness (QED) is 0.359. The van der Waals surface area contributed by atoms with Crippen molar-refractivity contribution in [2.45, 2.75) is 13.3 Å². The summed E-state index contributed by atoms with van der Waals surface area (Å²) in [6, 6.07) is 22.8. The van der Waals surface area contributed by atoms with Crippen LogP contribution in [0.4, 0.5) is 5.69 Å². The lowest BCUT2D eigenvalue weighted by atomic mass is 10.1. The molecule has 6 nitrogen and oxygen atoms in total. The molecule has 3 aromatic heterocycles. The number of aryl methyl sites for hydroxylation is 1. The number of aromatic nitrogens is 3. The summed E-state index contributed by atoms with van der Waals surface area (Å²) in [4.78, 5) is 20.9. The van der Waals surface area contributed by atoms with Crippen LogP contribution in [-0.4, -0.2) is 14.5 Å². The van der Waals surface area contributed by atoms with E-state index in [4.69, 9.17) is 22.6 Å². The van der Waals surface area contributed by atoms with Crippen LogP contribution in [0.1, 0.15) is 18.2 Å². The predicted octanol–water partition coefficient (Wildman–Crippen LogP) is 5.40. The highest BCUT2D eigenvalue weighted by Crippen LogP contribution is 2.23. The van der Waals surface area contributed by atoms with Crippen molar-refractivity contribution < 1.29 is 0 Å². The number of benzene rings is 2. The van der Waals surface area contributed by atoms with Crippen molar-refractivity contribution in [1.82, 2.24) is 14.5 Å². The van der Waals surface area contributed by atoms with Gasteiger partial charge in [-0.3, -0.25) is 19.3 Å².